The normalized spacial score (nSPS) is 32.5. The molecule has 1 aromatic rings. The van der Waals surface area contributed by atoms with Gasteiger partial charge in [-0.15, -0.1) is 0 Å². The molecule has 0 radical (unpaired) electrons. The zero-order valence-corrected chi connectivity index (χ0v) is 12.3. The highest BCUT2D eigenvalue weighted by molar-refractivity contribution is 5.80. The summed E-state index contributed by atoms with van der Waals surface area (Å²) >= 11 is 0. The molecule has 1 N–H and O–H groups in total. The smallest absolute Gasteiger partial charge is 0.136 e. The highest BCUT2D eigenvalue weighted by atomic mass is 16.5. The van der Waals surface area contributed by atoms with Crippen LogP contribution in [0.15, 0.2) is 66.4 Å². The Morgan fingerprint density at radius 2 is 2.10 bits per heavy atom. The van der Waals surface area contributed by atoms with Crippen LogP contribution in [-0.4, -0.2) is 12.1 Å². The van der Waals surface area contributed by atoms with E-state index in [9.17, 15) is 0 Å². The lowest BCUT2D eigenvalue weighted by molar-refractivity contribution is 0.136. The van der Waals surface area contributed by atoms with E-state index in [1.54, 1.807) is 0 Å². The average molecular weight is 277 g/mol. The van der Waals surface area contributed by atoms with Crippen LogP contribution in [-0.2, 0) is 0 Å². The van der Waals surface area contributed by atoms with Crippen LogP contribution in [0, 0.1) is 5.41 Å². The highest BCUT2D eigenvalue weighted by Gasteiger charge is 2.47. The minimum atomic E-state index is -0.102. The van der Waals surface area contributed by atoms with Crippen LogP contribution in [0.25, 0.3) is 5.57 Å². The van der Waals surface area contributed by atoms with E-state index in [-0.39, 0.29) is 17.6 Å². The molecule has 4 rings (SSSR count). The van der Waals surface area contributed by atoms with Crippen LogP contribution < -0.4 is 10.1 Å². The summed E-state index contributed by atoms with van der Waals surface area (Å²) in [6.45, 7) is 4.41. The van der Waals surface area contributed by atoms with E-state index in [1.165, 1.54) is 16.7 Å². The van der Waals surface area contributed by atoms with Gasteiger partial charge in [-0.2, -0.15) is 0 Å². The van der Waals surface area contributed by atoms with Gasteiger partial charge in [0.05, 0.1) is 11.5 Å². The minimum absolute atomic E-state index is 0.0629. The summed E-state index contributed by atoms with van der Waals surface area (Å²) < 4.78 is 6.30. The van der Waals surface area contributed by atoms with Crippen molar-refractivity contribution in [1.82, 2.24) is 5.32 Å². The molecule has 0 bridgehead atoms. The molecule has 0 saturated carbocycles. The topological polar surface area (TPSA) is 21.3 Å². The second kappa shape index (κ2) is 4.39. The van der Waals surface area contributed by atoms with Gasteiger partial charge in [-0.1, -0.05) is 48.1 Å². The Hall–Kier alpha value is -2.22. The van der Waals surface area contributed by atoms with Gasteiger partial charge in [0.2, 0.25) is 0 Å². The minimum Gasteiger partial charge on any atom is -0.484 e. The first kappa shape index (κ1) is 12.5. The van der Waals surface area contributed by atoms with Crippen molar-refractivity contribution in [2.24, 2.45) is 5.41 Å². The molecule has 1 aromatic carbocycles. The number of allylic oxidation sites excluding steroid dienone is 4. The molecule has 2 aliphatic heterocycles. The number of hydrogen-bond donors (Lipinski definition) is 1. The lowest BCUT2D eigenvalue weighted by atomic mass is 9.70. The van der Waals surface area contributed by atoms with Gasteiger partial charge in [-0.25, -0.2) is 0 Å². The lowest BCUT2D eigenvalue weighted by Crippen LogP contribution is -2.49. The van der Waals surface area contributed by atoms with Crippen molar-refractivity contribution in [3.63, 3.8) is 0 Å². The third kappa shape index (κ3) is 1.79. The summed E-state index contributed by atoms with van der Waals surface area (Å²) in [7, 11) is 0. The van der Waals surface area contributed by atoms with E-state index < -0.39 is 0 Å². The molecule has 3 atom stereocenters. The third-order valence-corrected chi connectivity index (χ3v) is 4.74. The van der Waals surface area contributed by atoms with Gasteiger partial charge >= 0.3 is 0 Å². The Kier molecular flexibility index (Phi) is 2.61. The molecule has 1 aliphatic carbocycles. The molecule has 0 saturated heterocycles. The summed E-state index contributed by atoms with van der Waals surface area (Å²) in [6.07, 6.45) is 13.1. The van der Waals surface area contributed by atoms with Crippen molar-refractivity contribution < 1.29 is 4.74 Å². The molecule has 106 valence electrons. The summed E-state index contributed by atoms with van der Waals surface area (Å²) in [4.78, 5) is 0. The molecular formula is C19H19NO. The van der Waals surface area contributed by atoms with Crippen LogP contribution in [0.1, 0.15) is 19.4 Å². The van der Waals surface area contributed by atoms with Crippen LogP contribution in [0.4, 0.5) is 0 Å². The number of nitrogens with one attached hydrogen (secondary N) is 1. The maximum atomic E-state index is 6.30. The predicted octanol–water partition coefficient (Wildman–Crippen LogP) is 3.84. The predicted molar refractivity (Wildman–Crippen MR) is 85.9 cm³/mol. The van der Waals surface area contributed by atoms with Crippen LogP contribution in [0.3, 0.4) is 0 Å². The molecule has 2 heteroatoms. The second-order valence-corrected chi connectivity index (χ2v) is 6.23. The van der Waals surface area contributed by atoms with E-state index in [4.69, 9.17) is 4.74 Å². The largest absolute Gasteiger partial charge is 0.484 e. The molecule has 2 heterocycles. The summed E-state index contributed by atoms with van der Waals surface area (Å²) in [6, 6.07) is 8.56. The SMILES string of the molecule is CC1=CC(C2(C)C=CC=C3c4ccccc4OC32)NC=C1. The number of fused-ring (bicyclic) bond motifs is 3. The van der Waals surface area contributed by atoms with Gasteiger partial charge in [-0.05, 0) is 32.2 Å². The van der Waals surface area contributed by atoms with Crippen molar-refractivity contribution >= 4 is 5.57 Å². The fraction of sp³-hybridized carbons (Fsp3) is 0.263. The van der Waals surface area contributed by atoms with E-state index in [0.29, 0.717) is 0 Å². The van der Waals surface area contributed by atoms with Crippen molar-refractivity contribution in [3.8, 4) is 5.75 Å². The van der Waals surface area contributed by atoms with Gasteiger partial charge in [0, 0.05) is 11.1 Å². The molecular weight excluding hydrogens is 258 g/mol. The molecule has 21 heavy (non-hydrogen) atoms. The second-order valence-electron chi connectivity index (χ2n) is 6.23. The van der Waals surface area contributed by atoms with Gasteiger partial charge < -0.3 is 10.1 Å². The quantitative estimate of drug-likeness (QED) is 0.842. The van der Waals surface area contributed by atoms with Crippen molar-refractivity contribution in [1.29, 1.82) is 0 Å². The maximum absolute atomic E-state index is 6.30. The fourth-order valence-electron chi connectivity index (χ4n) is 3.50. The zero-order valence-electron chi connectivity index (χ0n) is 12.3. The summed E-state index contributed by atoms with van der Waals surface area (Å²) in [5.41, 5.74) is 3.71. The van der Waals surface area contributed by atoms with Crippen LogP contribution >= 0.6 is 0 Å². The number of benzene rings is 1. The summed E-state index contributed by atoms with van der Waals surface area (Å²) in [5.74, 6) is 0.996. The van der Waals surface area contributed by atoms with Gasteiger partial charge in [0.1, 0.15) is 11.9 Å². The Labute approximate surface area is 125 Å². The third-order valence-electron chi connectivity index (χ3n) is 4.74. The summed E-state index contributed by atoms with van der Waals surface area (Å²) in [5, 5.41) is 3.48. The standard InChI is InChI=1S/C19H19NO/c1-13-9-11-20-17(12-13)19(2)10-5-7-15-14-6-3-4-8-16(14)21-18(15)19/h3-12,17-18,20H,1-2H3. The van der Waals surface area contributed by atoms with Crippen molar-refractivity contribution in [3.05, 3.63) is 72.0 Å². The first-order valence-corrected chi connectivity index (χ1v) is 7.45. The van der Waals surface area contributed by atoms with Crippen molar-refractivity contribution in [2.75, 3.05) is 0 Å². The Morgan fingerprint density at radius 3 is 2.95 bits per heavy atom. The Morgan fingerprint density at radius 1 is 1.24 bits per heavy atom. The highest BCUT2D eigenvalue weighted by Crippen LogP contribution is 2.49. The molecule has 2 nitrogen and oxygen atoms in total. The molecule has 3 unspecified atom stereocenters. The molecule has 0 amide bonds. The lowest BCUT2D eigenvalue weighted by Gasteiger charge is -2.41. The monoisotopic (exact) mass is 277 g/mol. The number of dihydropyridines is 1. The number of ether oxygens (including phenoxy) is 1. The van der Waals surface area contributed by atoms with Crippen LogP contribution in [0.2, 0.25) is 0 Å². The zero-order chi connectivity index (χ0) is 14.4. The number of rotatable bonds is 1. The Bertz CT molecular complexity index is 710. The molecule has 0 aromatic heterocycles. The van der Waals surface area contributed by atoms with Gasteiger partial charge in [-0.3, -0.25) is 0 Å². The molecule has 0 spiro atoms. The van der Waals surface area contributed by atoms with Gasteiger partial charge in [0.15, 0.2) is 0 Å². The van der Waals surface area contributed by atoms with Crippen LogP contribution in [0.5, 0.6) is 5.75 Å². The average Bonchev–Trinajstić information content (AvgIpc) is 2.88. The van der Waals surface area contributed by atoms with E-state index in [0.717, 1.165) is 5.75 Å². The fourth-order valence-corrected chi connectivity index (χ4v) is 3.50. The number of hydrogen-bond acceptors (Lipinski definition) is 2. The molecule has 3 aliphatic rings. The van der Waals surface area contributed by atoms with E-state index in [1.807, 2.05) is 12.3 Å². The van der Waals surface area contributed by atoms with E-state index >= 15 is 0 Å². The number of para-hydroxylation sites is 1. The first-order chi connectivity index (χ1) is 10.2. The molecule has 0 fully saturated rings. The maximum Gasteiger partial charge on any atom is 0.136 e. The first-order valence-electron chi connectivity index (χ1n) is 7.45. The van der Waals surface area contributed by atoms with Crippen molar-refractivity contribution in [2.45, 2.75) is 26.0 Å². The van der Waals surface area contributed by atoms with E-state index in [2.05, 4.69) is 67.7 Å². The van der Waals surface area contributed by atoms with Gasteiger partial charge in [0.25, 0.3) is 0 Å². The Balaban J connectivity index is 1.76.